The van der Waals surface area contributed by atoms with Crippen LogP contribution in [0.25, 0.3) is 0 Å². The van der Waals surface area contributed by atoms with Crippen LogP contribution in [0.1, 0.15) is 52.0 Å². The molecule has 0 unspecified atom stereocenters. The zero-order valence-electron chi connectivity index (χ0n) is 21.4. The topological polar surface area (TPSA) is 134 Å². The zero-order valence-corrected chi connectivity index (χ0v) is 21.4. The first-order valence-electron chi connectivity index (χ1n) is 12.4. The number of carbonyl (C=O) groups excluding carboxylic acids is 4. The quantitative estimate of drug-likeness (QED) is 0.481. The first-order valence-corrected chi connectivity index (χ1v) is 12.4. The molecule has 10 nitrogen and oxygen atoms in total. The molecule has 3 rings (SSSR count). The molecule has 2 heterocycles. The predicted molar refractivity (Wildman–Crippen MR) is 131 cm³/mol. The lowest BCUT2D eigenvalue weighted by Gasteiger charge is -2.32. The number of fused-ring (bicyclic) bond motifs is 1. The molecule has 2 fully saturated rings. The van der Waals surface area contributed by atoms with Gasteiger partial charge in [0.1, 0.15) is 23.7 Å². The summed E-state index contributed by atoms with van der Waals surface area (Å²) < 4.78 is 10.2. The minimum absolute atomic E-state index is 0.155. The van der Waals surface area contributed by atoms with Crippen LogP contribution in [0.3, 0.4) is 0 Å². The maximum atomic E-state index is 13.6. The fourth-order valence-electron chi connectivity index (χ4n) is 4.94. The molecule has 0 bridgehead atoms. The van der Waals surface area contributed by atoms with Crippen molar-refractivity contribution in [1.82, 2.24) is 15.5 Å². The van der Waals surface area contributed by atoms with E-state index in [0.29, 0.717) is 25.7 Å². The Morgan fingerprint density at radius 2 is 1.78 bits per heavy atom. The third-order valence-corrected chi connectivity index (χ3v) is 6.66. The van der Waals surface area contributed by atoms with Gasteiger partial charge in [0.05, 0.1) is 7.11 Å². The molecule has 0 aromatic heterocycles. The average Bonchev–Trinajstić information content (AvgIpc) is 3.20. The van der Waals surface area contributed by atoms with E-state index in [1.54, 1.807) is 20.8 Å². The molecule has 1 aromatic rings. The standard InChI is InChI=1S/C26H37N3O7/c1-26(2,3)36-25(34)27-19(14-16-8-6-5-7-9-16)22(31)28-21-17(15-30)10-11-18-12-13-20(24(33)35-4)29(18)23(21)32/h5-9,17-21,30H,10-15H2,1-4H3,(H,27,34)(H,28,31)/t17-,18+,19-,20+,21+/m1/s1. The lowest BCUT2D eigenvalue weighted by molar-refractivity contribution is -0.153. The molecular formula is C26H37N3O7. The highest BCUT2D eigenvalue weighted by Crippen LogP contribution is 2.34. The van der Waals surface area contributed by atoms with E-state index in [2.05, 4.69) is 10.6 Å². The van der Waals surface area contributed by atoms with Crippen LogP contribution in [0.15, 0.2) is 30.3 Å². The maximum Gasteiger partial charge on any atom is 0.408 e. The van der Waals surface area contributed by atoms with Crippen LogP contribution in [-0.2, 0) is 30.3 Å². The lowest BCUT2D eigenvalue weighted by Crippen LogP contribution is -2.59. The van der Waals surface area contributed by atoms with Gasteiger partial charge in [0.15, 0.2) is 0 Å². The normalized spacial score (nSPS) is 24.8. The minimum Gasteiger partial charge on any atom is -0.467 e. The summed E-state index contributed by atoms with van der Waals surface area (Å²) in [4.78, 5) is 53.5. The number of amides is 3. The molecule has 2 aliphatic rings. The third-order valence-electron chi connectivity index (χ3n) is 6.66. The molecule has 3 N–H and O–H groups in total. The highest BCUT2D eigenvalue weighted by molar-refractivity contribution is 5.94. The van der Waals surface area contributed by atoms with Gasteiger partial charge in [-0.05, 0) is 52.0 Å². The summed E-state index contributed by atoms with van der Waals surface area (Å²) in [6.45, 7) is 4.86. The molecule has 0 spiro atoms. The molecule has 198 valence electrons. The largest absolute Gasteiger partial charge is 0.467 e. The third kappa shape index (κ3) is 6.75. The van der Waals surface area contributed by atoms with Crippen LogP contribution < -0.4 is 10.6 Å². The highest BCUT2D eigenvalue weighted by atomic mass is 16.6. The van der Waals surface area contributed by atoms with Crippen LogP contribution in [0.2, 0.25) is 0 Å². The monoisotopic (exact) mass is 503 g/mol. The summed E-state index contributed by atoms with van der Waals surface area (Å²) in [5.41, 5.74) is 0.0510. The van der Waals surface area contributed by atoms with Gasteiger partial charge in [0.25, 0.3) is 0 Å². The molecule has 10 heteroatoms. The second-order valence-electron chi connectivity index (χ2n) is 10.4. The maximum absolute atomic E-state index is 13.6. The van der Waals surface area contributed by atoms with Gasteiger partial charge in [0.2, 0.25) is 11.8 Å². The Morgan fingerprint density at radius 3 is 2.39 bits per heavy atom. The first-order chi connectivity index (χ1) is 17.0. The second-order valence-corrected chi connectivity index (χ2v) is 10.4. The predicted octanol–water partition coefficient (Wildman–Crippen LogP) is 1.54. The Bertz CT molecular complexity index is 947. The molecule has 0 saturated carbocycles. The van der Waals surface area contributed by atoms with Crippen molar-refractivity contribution in [2.75, 3.05) is 13.7 Å². The number of esters is 1. The van der Waals surface area contributed by atoms with Crippen LogP contribution >= 0.6 is 0 Å². The van der Waals surface area contributed by atoms with E-state index in [-0.39, 0.29) is 19.1 Å². The molecular weight excluding hydrogens is 466 g/mol. The zero-order chi connectivity index (χ0) is 26.5. The van der Waals surface area contributed by atoms with Crippen molar-refractivity contribution in [2.45, 2.75) is 82.6 Å². The molecule has 0 aliphatic carbocycles. The molecule has 5 atom stereocenters. The Balaban J connectivity index is 1.83. The Morgan fingerprint density at radius 1 is 1.11 bits per heavy atom. The summed E-state index contributed by atoms with van der Waals surface area (Å²) in [6.07, 6.45) is 1.68. The van der Waals surface area contributed by atoms with Gasteiger partial charge in [-0.1, -0.05) is 30.3 Å². The van der Waals surface area contributed by atoms with Crippen molar-refractivity contribution >= 4 is 23.9 Å². The molecule has 1 aromatic carbocycles. The van der Waals surface area contributed by atoms with E-state index in [0.717, 1.165) is 5.56 Å². The molecule has 2 aliphatic heterocycles. The van der Waals surface area contributed by atoms with Crippen LogP contribution in [-0.4, -0.2) is 77.4 Å². The summed E-state index contributed by atoms with van der Waals surface area (Å²) in [7, 11) is 1.28. The van der Waals surface area contributed by atoms with Crippen LogP contribution in [0, 0.1) is 5.92 Å². The van der Waals surface area contributed by atoms with Gasteiger partial charge in [0, 0.05) is 25.0 Å². The number of methoxy groups -OCH3 is 1. The smallest absolute Gasteiger partial charge is 0.408 e. The number of aliphatic hydroxyl groups is 1. The number of aliphatic hydroxyl groups excluding tert-OH is 1. The van der Waals surface area contributed by atoms with Crippen molar-refractivity contribution in [3.63, 3.8) is 0 Å². The number of carbonyl (C=O) groups is 4. The van der Waals surface area contributed by atoms with Crippen LogP contribution in [0.4, 0.5) is 4.79 Å². The van der Waals surface area contributed by atoms with E-state index in [1.807, 2.05) is 30.3 Å². The summed E-state index contributed by atoms with van der Waals surface area (Å²) >= 11 is 0. The van der Waals surface area contributed by atoms with Crippen LogP contribution in [0.5, 0.6) is 0 Å². The van der Waals surface area contributed by atoms with E-state index < -0.39 is 53.5 Å². The fraction of sp³-hybridized carbons (Fsp3) is 0.615. The number of hydrogen-bond acceptors (Lipinski definition) is 7. The van der Waals surface area contributed by atoms with Gasteiger partial charge >= 0.3 is 12.1 Å². The number of ether oxygens (including phenoxy) is 2. The number of benzene rings is 1. The fourth-order valence-corrected chi connectivity index (χ4v) is 4.94. The Labute approximate surface area is 211 Å². The number of hydrogen-bond donors (Lipinski definition) is 3. The van der Waals surface area contributed by atoms with E-state index in [9.17, 15) is 24.3 Å². The second kappa shape index (κ2) is 11.7. The number of nitrogens with zero attached hydrogens (tertiary/aromatic N) is 1. The summed E-state index contributed by atoms with van der Waals surface area (Å²) in [6, 6.07) is 6.23. The minimum atomic E-state index is -1.04. The highest BCUT2D eigenvalue weighted by Gasteiger charge is 2.48. The number of alkyl carbamates (subject to hydrolysis) is 1. The van der Waals surface area contributed by atoms with E-state index in [1.165, 1.54) is 12.0 Å². The SMILES string of the molecule is COC(=O)[C@@H]1CC[C@@H]2CC[C@H](CO)[C@H](NC(=O)[C@@H](Cc3ccccc3)NC(=O)OC(C)(C)C)C(=O)N21. The van der Waals surface area contributed by atoms with Crippen molar-refractivity contribution in [3.05, 3.63) is 35.9 Å². The Kier molecular flexibility index (Phi) is 8.94. The van der Waals surface area contributed by atoms with Gasteiger partial charge < -0.3 is 30.1 Å². The number of rotatable bonds is 7. The number of nitrogens with one attached hydrogen (secondary N) is 2. The van der Waals surface area contributed by atoms with Crippen molar-refractivity contribution in [2.24, 2.45) is 5.92 Å². The summed E-state index contributed by atoms with van der Waals surface area (Å²) in [5, 5.41) is 15.4. The Hall–Kier alpha value is -3.14. The van der Waals surface area contributed by atoms with Gasteiger partial charge in [-0.3, -0.25) is 9.59 Å². The van der Waals surface area contributed by atoms with E-state index in [4.69, 9.17) is 9.47 Å². The summed E-state index contributed by atoms with van der Waals surface area (Å²) in [5.74, 6) is -2.02. The molecule has 0 radical (unpaired) electrons. The van der Waals surface area contributed by atoms with Crippen molar-refractivity contribution in [3.8, 4) is 0 Å². The van der Waals surface area contributed by atoms with Crippen molar-refractivity contribution in [1.29, 1.82) is 0 Å². The lowest BCUT2D eigenvalue weighted by atomic mass is 9.93. The molecule has 36 heavy (non-hydrogen) atoms. The molecule has 3 amide bonds. The van der Waals surface area contributed by atoms with Gasteiger partial charge in [-0.2, -0.15) is 0 Å². The first kappa shape index (κ1) is 27.4. The van der Waals surface area contributed by atoms with Gasteiger partial charge in [-0.15, -0.1) is 0 Å². The average molecular weight is 504 g/mol. The molecule has 2 saturated heterocycles. The van der Waals surface area contributed by atoms with Gasteiger partial charge in [-0.25, -0.2) is 9.59 Å². The van der Waals surface area contributed by atoms with Crippen molar-refractivity contribution < 1.29 is 33.8 Å². The van der Waals surface area contributed by atoms with E-state index >= 15 is 0 Å².